The predicted octanol–water partition coefficient (Wildman–Crippen LogP) is 1.53. The van der Waals surface area contributed by atoms with E-state index in [4.69, 9.17) is 10.2 Å². The lowest BCUT2D eigenvalue weighted by molar-refractivity contribution is 0.0211. The number of aliphatic hydroxyl groups excluding tert-OH is 1. The number of amides is 2. The number of primary amides is 1. The van der Waals surface area contributed by atoms with Gasteiger partial charge < -0.3 is 20.2 Å². The van der Waals surface area contributed by atoms with Crippen molar-refractivity contribution in [2.45, 2.75) is 50.7 Å². The molecule has 1 aromatic heterocycles. The fourth-order valence-corrected chi connectivity index (χ4v) is 3.82. The predicted molar refractivity (Wildman–Crippen MR) is 79.2 cm³/mol. The molecule has 0 radical (unpaired) electrons. The molecule has 2 fully saturated rings. The molecule has 6 nitrogen and oxygen atoms in total. The minimum absolute atomic E-state index is 0.00296. The van der Waals surface area contributed by atoms with E-state index in [9.17, 15) is 14.7 Å². The average Bonchev–Trinajstić information content (AvgIpc) is 3.16. The van der Waals surface area contributed by atoms with Crippen molar-refractivity contribution >= 4 is 11.8 Å². The summed E-state index contributed by atoms with van der Waals surface area (Å²) in [5.74, 6) is -0.671. The first kappa shape index (κ1) is 15.1. The summed E-state index contributed by atoms with van der Waals surface area (Å²) >= 11 is 0. The summed E-state index contributed by atoms with van der Waals surface area (Å²) in [5, 5.41) is 10.3. The minimum atomic E-state index is -0.681. The number of carbonyl (C=O) groups excluding carboxylic acids is 2. The van der Waals surface area contributed by atoms with E-state index in [0.717, 1.165) is 38.5 Å². The number of furan rings is 1. The molecule has 2 heterocycles. The molecule has 0 spiro atoms. The SMILES string of the molecule is NC(=O)c1cc(C(=O)N2CCCC2C2CCCCC2O)co1. The summed E-state index contributed by atoms with van der Waals surface area (Å²) in [5.41, 5.74) is 5.51. The maximum atomic E-state index is 12.7. The van der Waals surface area contributed by atoms with Gasteiger partial charge in [0.2, 0.25) is 0 Å². The van der Waals surface area contributed by atoms with Crippen LogP contribution in [-0.4, -0.2) is 40.5 Å². The molecule has 2 amide bonds. The Morgan fingerprint density at radius 1 is 1.23 bits per heavy atom. The van der Waals surface area contributed by atoms with Crippen molar-refractivity contribution in [3.05, 3.63) is 23.7 Å². The standard InChI is InChI=1S/C16H22N2O4/c17-15(20)14-8-10(9-22-14)16(21)18-7-3-5-12(18)11-4-1-2-6-13(11)19/h8-9,11-13,19H,1-7H2,(H2,17,20). The molecule has 1 saturated carbocycles. The number of rotatable bonds is 3. The molecule has 1 aromatic rings. The number of aliphatic hydroxyl groups is 1. The zero-order chi connectivity index (χ0) is 15.7. The van der Waals surface area contributed by atoms with Crippen molar-refractivity contribution < 1.29 is 19.1 Å². The first-order valence-corrected chi connectivity index (χ1v) is 7.95. The highest BCUT2D eigenvalue weighted by Crippen LogP contribution is 2.35. The zero-order valence-electron chi connectivity index (χ0n) is 12.5. The minimum Gasteiger partial charge on any atom is -0.458 e. The summed E-state index contributed by atoms with van der Waals surface area (Å²) in [6.45, 7) is 0.684. The van der Waals surface area contributed by atoms with Crippen molar-refractivity contribution in [1.29, 1.82) is 0 Å². The van der Waals surface area contributed by atoms with Gasteiger partial charge in [0.25, 0.3) is 11.8 Å². The Labute approximate surface area is 129 Å². The largest absolute Gasteiger partial charge is 0.458 e. The van der Waals surface area contributed by atoms with Gasteiger partial charge in [0, 0.05) is 24.6 Å². The van der Waals surface area contributed by atoms with Gasteiger partial charge in [-0.25, -0.2) is 0 Å². The van der Waals surface area contributed by atoms with Gasteiger partial charge >= 0.3 is 0 Å². The van der Waals surface area contributed by atoms with Crippen LogP contribution in [0.1, 0.15) is 59.4 Å². The third kappa shape index (κ3) is 2.75. The maximum Gasteiger partial charge on any atom is 0.284 e. The molecule has 1 saturated heterocycles. The maximum absolute atomic E-state index is 12.7. The molecule has 22 heavy (non-hydrogen) atoms. The fourth-order valence-electron chi connectivity index (χ4n) is 3.82. The Bertz CT molecular complexity index is 568. The van der Waals surface area contributed by atoms with Crippen LogP contribution in [0.3, 0.4) is 0 Å². The molecular weight excluding hydrogens is 284 g/mol. The van der Waals surface area contributed by atoms with Gasteiger partial charge in [0.05, 0.1) is 11.7 Å². The van der Waals surface area contributed by atoms with E-state index >= 15 is 0 Å². The highest BCUT2D eigenvalue weighted by molar-refractivity contribution is 5.98. The van der Waals surface area contributed by atoms with Crippen LogP contribution in [0, 0.1) is 5.92 Å². The molecule has 1 aliphatic heterocycles. The molecule has 0 aromatic carbocycles. The molecule has 3 unspecified atom stereocenters. The Hall–Kier alpha value is -1.82. The summed E-state index contributed by atoms with van der Waals surface area (Å²) in [6.07, 6.45) is 6.79. The van der Waals surface area contributed by atoms with Gasteiger partial charge in [-0.05, 0) is 25.7 Å². The number of nitrogens with zero attached hydrogens (tertiary/aromatic N) is 1. The van der Waals surface area contributed by atoms with Gasteiger partial charge in [-0.2, -0.15) is 0 Å². The molecule has 3 rings (SSSR count). The zero-order valence-corrected chi connectivity index (χ0v) is 12.5. The molecule has 120 valence electrons. The molecule has 0 bridgehead atoms. The summed E-state index contributed by atoms with van der Waals surface area (Å²) < 4.78 is 5.04. The van der Waals surface area contributed by atoms with E-state index in [0.29, 0.717) is 12.1 Å². The fraction of sp³-hybridized carbons (Fsp3) is 0.625. The van der Waals surface area contributed by atoms with Crippen LogP contribution in [0.5, 0.6) is 0 Å². The number of carbonyl (C=O) groups is 2. The monoisotopic (exact) mass is 306 g/mol. The lowest BCUT2D eigenvalue weighted by atomic mass is 9.80. The van der Waals surface area contributed by atoms with Crippen molar-refractivity contribution in [2.75, 3.05) is 6.54 Å². The Balaban J connectivity index is 1.76. The van der Waals surface area contributed by atoms with Crippen molar-refractivity contribution in [1.82, 2.24) is 4.90 Å². The first-order valence-electron chi connectivity index (χ1n) is 7.95. The second kappa shape index (κ2) is 6.12. The first-order chi connectivity index (χ1) is 10.6. The molecule has 1 aliphatic carbocycles. The molecule has 2 aliphatic rings. The summed E-state index contributed by atoms with van der Waals surface area (Å²) in [7, 11) is 0. The van der Waals surface area contributed by atoms with E-state index in [2.05, 4.69) is 0 Å². The van der Waals surface area contributed by atoms with E-state index in [1.807, 2.05) is 4.90 Å². The highest BCUT2D eigenvalue weighted by atomic mass is 16.3. The normalized spacial score (nSPS) is 28.8. The van der Waals surface area contributed by atoms with Crippen molar-refractivity contribution in [2.24, 2.45) is 11.7 Å². The van der Waals surface area contributed by atoms with E-state index in [1.165, 1.54) is 12.3 Å². The molecule has 3 atom stereocenters. The van der Waals surface area contributed by atoms with E-state index in [1.54, 1.807) is 0 Å². The Morgan fingerprint density at radius 3 is 2.68 bits per heavy atom. The van der Waals surface area contributed by atoms with Gasteiger partial charge in [0.1, 0.15) is 6.26 Å². The lowest BCUT2D eigenvalue weighted by Gasteiger charge is -2.37. The second-order valence-corrected chi connectivity index (χ2v) is 6.29. The summed E-state index contributed by atoms with van der Waals surface area (Å²) in [4.78, 5) is 25.6. The van der Waals surface area contributed by atoms with Crippen LogP contribution < -0.4 is 5.73 Å². The smallest absolute Gasteiger partial charge is 0.284 e. The summed E-state index contributed by atoms with van der Waals surface area (Å²) in [6, 6.07) is 1.48. The topological polar surface area (TPSA) is 96.8 Å². The van der Waals surface area contributed by atoms with Crippen LogP contribution in [0.15, 0.2) is 16.7 Å². The van der Waals surface area contributed by atoms with E-state index < -0.39 is 5.91 Å². The Kier molecular flexibility index (Phi) is 4.20. The van der Waals surface area contributed by atoms with Crippen LogP contribution in [0.4, 0.5) is 0 Å². The quantitative estimate of drug-likeness (QED) is 0.885. The van der Waals surface area contributed by atoms with Crippen molar-refractivity contribution in [3.8, 4) is 0 Å². The second-order valence-electron chi connectivity index (χ2n) is 6.29. The number of nitrogens with two attached hydrogens (primary N) is 1. The van der Waals surface area contributed by atoms with Crippen LogP contribution in [0.2, 0.25) is 0 Å². The third-order valence-corrected chi connectivity index (χ3v) is 4.93. The van der Waals surface area contributed by atoms with Crippen LogP contribution >= 0.6 is 0 Å². The van der Waals surface area contributed by atoms with Gasteiger partial charge in [0.15, 0.2) is 5.76 Å². The number of hydrogen-bond acceptors (Lipinski definition) is 4. The van der Waals surface area contributed by atoms with Gasteiger partial charge in [-0.15, -0.1) is 0 Å². The Morgan fingerprint density at radius 2 is 2.00 bits per heavy atom. The highest BCUT2D eigenvalue weighted by Gasteiger charge is 2.39. The van der Waals surface area contributed by atoms with Gasteiger partial charge in [-0.1, -0.05) is 12.8 Å². The average molecular weight is 306 g/mol. The number of hydrogen-bond donors (Lipinski definition) is 2. The van der Waals surface area contributed by atoms with Gasteiger partial charge in [-0.3, -0.25) is 9.59 Å². The van der Waals surface area contributed by atoms with Crippen LogP contribution in [0.25, 0.3) is 0 Å². The van der Waals surface area contributed by atoms with Crippen molar-refractivity contribution in [3.63, 3.8) is 0 Å². The third-order valence-electron chi connectivity index (χ3n) is 4.93. The molecular formula is C16H22N2O4. The lowest BCUT2D eigenvalue weighted by Crippen LogP contribution is -2.45. The van der Waals surface area contributed by atoms with Crippen LogP contribution in [-0.2, 0) is 0 Å². The molecule has 6 heteroatoms. The number of likely N-dealkylation sites (tertiary alicyclic amines) is 1. The molecule has 3 N–H and O–H groups in total. The van der Waals surface area contributed by atoms with E-state index in [-0.39, 0.29) is 29.7 Å².